The van der Waals surface area contributed by atoms with Crippen LogP contribution in [0.25, 0.3) is 11.8 Å². The van der Waals surface area contributed by atoms with E-state index >= 15 is 0 Å². The maximum atomic E-state index is 13.3. The predicted molar refractivity (Wildman–Crippen MR) is 135 cm³/mol. The molecule has 37 heavy (non-hydrogen) atoms. The smallest absolute Gasteiger partial charge is 0.416 e. The highest BCUT2D eigenvalue weighted by atomic mass is 32.1. The SMILES string of the molecule is Cc1c(C(=O)O)cccc1-n1c(C)cc(/C=C2\C(=O)NC(=S)N(c3cccc(C(F)(F)F)c3)C2=O)c1C. The summed E-state index contributed by atoms with van der Waals surface area (Å²) < 4.78 is 41.5. The summed E-state index contributed by atoms with van der Waals surface area (Å²) in [4.78, 5) is 38.4. The lowest BCUT2D eigenvalue weighted by Crippen LogP contribution is -2.54. The molecule has 1 fully saturated rings. The van der Waals surface area contributed by atoms with Crippen molar-refractivity contribution in [2.24, 2.45) is 0 Å². The molecule has 0 aliphatic carbocycles. The number of alkyl halides is 3. The average Bonchev–Trinajstić information content (AvgIpc) is 3.09. The number of carboxylic acids is 1. The van der Waals surface area contributed by atoms with E-state index in [1.807, 2.05) is 0 Å². The monoisotopic (exact) mass is 527 g/mol. The van der Waals surface area contributed by atoms with Gasteiger partial charge in [0.05, 0.1) is 16.8 Å². The van der Waals surface area contributed by atoms with Gasteiger partial charge in [-0.3, -0.25) is 19.8 Å². The van der Waals surface area contributed by atoms with Crippen LogP contribution in [0.5, 0.6) is 0 Å². The summed E-state index contributed by atoms with van der Waals surface area (Å²) in [5.41, 5.74) is 1.69. The van der Waals surface area contributed by atoms with Crippen LogP contribution in [0, 0.1) is 20.8 Å². The number of rotatable bonds is 4. The zero-order valence-electron chi connectivity index (χ0n) is 19.8. The summed E-state index contributed by atoms with van der Waals surface area (Å²) in [5, 5.41) is 11.5. The fourth-order valence-electron chi connectivity index (χ4n) is 4.27. The Morgan fingerprint density at radius 3 is 2.38 bits per heavy atom. The van der Waals surface area contributed by atoms with Crippen LogP contribution in [-0.4, -0.2) is 32.6 Å². The lowest BCUT2D eigenvalue weighted by molar-refractivity contribution is -0.137. The third-order valence-corrected chi connectivity index (χ3v) is 6.36. The predicted octanol–water partition coefficient (Wildman–Crippen LogP) is 4.95. The van der Waals surface area contributed by atoms with E-state index in [4.69, 9.17) is 12.2 Å². The molecule has 0 atom stereocenters. The van der Waals surface area contributed by atoms with Crippen molar-refractivity contribution in [3.63, 3.8) is 0 Å². The number of carbonyl (C=O) groups is 3. The Hall–Kier alpha value is -4.25. The molecule has 0 spiro atoms. The second-order valence-electron chi connectivity index (χ2n) is 8.42. The molecule has 1 aliphatic rings. The fraction of sp³-hybridized carbons (Fsp3) is 0.154. The number of nitrogens with one attached hydrogen (secondary N) is 1. The number of carbonyl (C=O) groups excluding carboxylic acids is 2. The van der Waals surface area contributed by atoms with Gasteiger partial charge >= 0.3 is 12.1 Å². The highest BCUT2D eigenvalue weighted by Gasteiger charge is 2.37. The number of anilines is 1. The molecule has 2 amide bonds. The topological polar surface area (TPSA) is 91.6 Å². The molecule has 0 bridgehead atoms. The Balaban J connectivity index is 1.79. The third kappa shape index (κ3) is 4.65. The number of nitrogens with zero attached hydrogens (tertiary/aromatic N) is 2. The number of carboxylic acid groups (broad SMARTS) is 1. The summed E-state index contributed by atoms with van der Waals surface area (Å²) in [6, 6.07) is 10.7. The van der Waals surface area contributed by atoms with Gasteiger partial charge in [0.15, 0.2) is 5.11 Å². The third-order valence-electron chi connectivity index (χ3n) is 6.08. The Labute approximate surface area is 214 Å². The summed E-state index contributed by atoms with van der Waals surface area (Å²) in [6.07, 6.45) is -3.29. The number of thiocarbonyl (C=S) groups is 1. The van der Waals surface area contributed by atoms with E-state index < -0.39 is 29.5 Å². The van der Waals surface area contributed by atoms with Gasteiger partial charge in [0, 0.05) is 17.1 Å². The molecule has 1 saturated heterocycles. The molecule has 2 heterocycles. The number of hydrogen-bond acceptors (Lipinski definition) is 4. The van der Waals surface area contributed by atoms with Crippen molar-refractivity contribution in [2.75, 3.05) is 4.90 Å². The number of aromatic nitrogens is 1. The minimum absolute atomic E-state index is 0.136. The minimum Gasteiger partial charge on any atom is -0.478 e. The Bertz CT molecular complexity index is 1520. The van der Waals surface area contributed by atoms with Crippen LogP contribution in [-0.2, 0) is 15.8 Å². The van der Waals surface area contributed by atoms with E-state index in [0.29, 0.717) is 28.2 Å². The van der Waals surface area contributed by atoms with Gasteiger partial charge in [-0.2, -0.15) is 13.2 Å². The molecule has 1 aromatic heterocycles. The van der Waals surface area contributed by atoms with E-state index in [1.54, 1.807) is 43.5 Å². The van der Waals surface area contributed by atoms with E-state index in [0.717, 1.165) is 23.1 Å². The molecular weight excluding hydrogens is 507 g/mol. The van der Waals surface area contributed by atoms with Crippen LogP contribution in [0.2, 0.25) is 0 Å². The molecular formula is C26H20F3N3O4S. The standard InChI is InChI=1S/C26H20F3N3O4S/c1-13-10-16(15(3)31(13)21-9-5-8-19(14(21)2)24(35)36)11-20-22(33)30-25(37)32(23(20)34)18-7-4-6-17(12-18)26(27,28)29/h4-12H,1-3H3,(H,35,36)(H,30,33,37)/b20-11+. The lowest BCUT2D eigenvalue weighted by Gasteiger charge is -2.29. The Morgan fingerprint density at radius 2 is 1.73 bits per heavy atom. The van der Waals surface area contributed by atoms with Crippen molar-refractivity contribution in [1.29, 1.82) is 0 Å². The number of aromatic carboxylic acids is 1. The fourth-order valence-corrected chi connectivity index (χ4v) is 4.55. The molecule has 11 heteroatoms. The number of halogens is 3. The van der Waals surface area contributed by atoms with Gasteiger partial charge in [0.1, 0.15) is 5.57 Å². The average molecular weight is 528 g/mol. The van der Waals surface area contributed by atoms with Gasteiger partial charge in [-0.1, -0.05) is 12.1 Å². The van der Waals surface area contributed by atoms with E-state index in [9.17, 15) is 32.7 Å². The van der Waals surface area contributed by atoms with Crippen LogP contribution >= 0.6 is 12.2 Å². The quantitative estimate of drug-likeness (QED) is 0.285. The summed E-state index contributed by atoms with van der Waals surface area (Å²) in [5.74, 6) is -2.73. The number of amides is 2. The highest BCUT2D eigenvalue weighted by molar-refractivity contribution is 7.80. The zero-order valence-corrected chi connectivity index (χ0v) is 20.6. The minimum atomic E-state index is -4.63. The first-order chi connectivity index (χ1) is 17.3. The van der Waals surface area contributed by atoms with Crippen LogP contribution in [0.1, 0.15) is 38.4 Å². The first-order valence-electron chi connectivity index (χ1n) is 10.9. The number of benzene rings is 2. The Morgan fingerprint density at radius 1 is 1.05 bits per heavy atom. The summed E-state index contributed by atoms with van der Waals surface area (Å²) >= 11 is 5.09. The van der Waals surface area contributed by atoms with Gasteiger partial charge < -0.3 is 9.67 Å². The van der Waals surface area contributed by atoms with Gasteiger partial charge in [-0.25, -0.2) is 4.79 Å². The molecule has 7 nitrogen and oxygen atoms in total. The molecule has 0 saturated carbocycles. The zero-order chi connectivity index (χ0) is 27.2. The normalized spacial score (nSPS) is 15.4. The van der Waals surface area contributed by atoms with Gasteiger partial charge in [-0.15, -0.1) is 0 Å². The van der Waals surface area contributed by atoms with Crippen LogP contribution < -0.4 is 10.2 Å². The summed E-state index contributed by atoms with van der Waals surface area (Å²) in [7, 11) is 0. The second-order valence-corrected chi connectivity index (χ2v) is 8.81. The van der Waals surface area contributed by atoms with Crippen molar-refractivity contribution in [3.8, 4) is 5.69 Å². The molecule has 190 valence electrons. The summed E-state index contributed by atoms with van der Waals surface area (Å²) in [6.45, 7) is 5.21. The molecule has 4 rings (SSSR count). The van der Waals surface area contributed by atoms with Gasteiger partial charge in [-0.05, 0) is 86.6 Å². The molecule has 2 aromatic carbocycles. The first-order valence-corrected chi connectivity index (χ1v) is 11.3. The molecule has 0 radical (unpaired) electrons. The molecule has 3 aromatic rings. The van der Waals surface area contributed by atoms with E-state index in [1.165, 1.54) is 18.2 Å². The van der Waals surface area contributed by atoms with Gasteiger partial charge in [0.2, 0.25) is 0 Å². The Kier molecular flexibility index (Phi) is 6.51. The molecule has 1 aliphatic heterocycles. The molecule has 2 N–H and O–H groups in total. The van der Waals surface area contributed by atoms with Crippen molar-refractivity contribution in [1.82, 2.24) is 9.88 Å². The lowest BCUT2D eigenvalue weighted by atomic mass is 10.1. The second kappa shape index (κ2) is 9.32. The van der Waals surface area contributed by atoms with Crippen molar-refractivity contribution >= 4 is 46.9 Å². The van der Waals surface area contributed by atoms with Gasteiger partial charge in [0.25, 0.3) is 11.8 Å². The largest absolute Gasteiger partial charge is 0.478 e. The first kappa shape index (κ1) is 25.8. The van der Waals surface area contributed by atoms with Crippen molar-refractivity contribution < 1.29 is 32.7 Å². The van der Waals surface area contributed by atoms with Crippen molar-refractivity contribution in [2.45, 2.75) is 26.9 Å². The van der Waals surface area contributed by atoms with Crippen LogP contribution in [0.15, 0.2) is 54.1 Å². The maximum Gasteiger partial charge on any atom is 0.416 e. The highest BCUT2D eigenvalue weighted by Crippen LogP contribution is 2.33. The van der Waals surface area contributed by atoms with Crippen LogP contribution in [0.3, 0.4) is 0 Å². The number of aryl methyl sites for hydroxylation is 1. The molecule has 0 unspecified atom stereocenters. The van der Waals surface area contributed by atoms with Crippen molar-refractivity contribution in [3.05, 3.63) is 87.7 Å². The maximum absolute atomic E-state index is 13.3. The van der Waals surface area contributed by atoms with Crippen LogP contribution in [0.4, 0.5) is 18.9 Å². The van der Waals surface area contributed by atoms with E-state index in [-0.39, 0.29) is 21.9 Å². The van der Waals surface area contributed by atoms with E-state index in [2.05, 4.69) is 5.32 Å². The number of hydrogen-bond donors (Lipinski definition) is 2.